The minimum Gasteiger partial charge on any atom is -0.316 e. The van der Waals surface area contributed by atoms with Crippen LogP contribution >= 0.6 is 0 Å². The van der Waals surface area contributed by atoms with Crippen LogP contribution in [0.15, 0.2) is 6.07 Å². The van der Waals surface area contributed by atoms with Crippen molar-refractivity contribution in [1.29, 1.82) is 0 Å². The van der Waals surface area contributed by atoms with Gasteiger partial charge in [-0.15, -0.1) is 0 Å². The fourth-order valence-corrected chi connectivity index (χ4v) is 2.07. The van der Waals surface area contributed by atoms with Gasteiger partial charge in [-0.3, -0.25) is 4.68 Å². The molecule has 0 atom stereocenters. The Balaban J connectivity index is 2.58. The molecule has 0 saturated carbocycles. The Morgan fingerprint density at radius 1 is 1.35 bits per heavy atom. The van der Waals surface area contributed by atoms with Crippen molar-refractivity contribution in [3.8, 4) is 0 Å². The van der Waals surface area contributed by atoms with Crippen molar-refractivity contribution in [2.24, 2.45) is 12.5 Å². The third kappa shape index (κ3) is 4.50. The van der Waals surface area contributed by atoms with Crippen LogP contribution in [0.3, 0.4) is 0 Å². The van der Waals surface area contributed by atoms with E-state index in [4.69, 9.17) is 0 Å². The highest BCUT2D eigenvalue weighted by Crippen LogP contribution is 2.21. The molecule has 0 amide bonds. The number of rotatable bonds is 7. The Bertz CT molecular complexity index is 339. The molecule has 0 aliphatic heterocycles. The van der Waals surface area contributed by atoms with Crippen LogP contribution < -0.4 is 5.32 Å². The van der Waals surface area contributed by atoms with Gasteiger partial charge in [0.25, 0.3) is 0 Å². The van der Waals surface area contributed by atoms with E-state index in [0.717, 1.165) is 25.9 Å². The van der Waals surface area contributed by atoms with Crippen LogP contribution in [0.25, 0.3) is 0 Å². The highest BCUT2D eigenvalue weighted by Gasteiger charge is 2.20. The second-order valence-electron chi connectivity index (χ2n) is 5.62. The van der Waals surface area contributed by atoms with Gasteiger partial charge < -0.3 is 5.32 Å². The van der Waals surface area contributed by atoms with Crippen LogP contribution in [0, 0.1) is 5.41 Å². The molecule has 0 aliphatic carbocycles. The molecule has 3 nitrogen and oxygen atoms in total. The van der Waals surface area contributed by atoms with Crippen molar-refractivity contribution in [2.75, 3.05) is 13.1 Å². The molecule has 0 bridgehead atoms. The second-order valence-corrected chi connectivity index (χ2v) is 5.62. The topological polar surface area (TPSA) is 29.9 Å². The zero-order valence-electron chi connectivity index (χ0n) is 12.0. The molecule has 1 N–H and O–H groups in total. The quantitative estimate of drug-likeness (QED) is 0.739. The average Bonchev–Trinajstić information content (AvgIpc) is 2.59. The summed E-state index contributed by atoms with van der Waals surface area (Å²) in [6, 6.07) is 2.24. The van der Waals surface area contributed by atoms with E-state index in [1.54, 1.807) is 0 Å². The van der Waals surface area contributed by atoms with Gasteiger partial charge in [-0.2, -0.15) is 5.10 Å². The van der Waals surface area contributed by atoms with E-state index in [0.29, 0.717) is 0 Å². The predicted octanol–water partition coefficient (Wildman–Crippen LogP) is 2.55. The predicted molar refractivity (Wildman–Crippen MR) is 73.2 cm³/mol. The summed E-state index contributed by atoms with van der Waals surface area (Å²) < 4.78 is 2.03. The molecular weight excluding hydrogens is 210 g/mol. The molecule has 0 fully saturated rings. The molecule has 1 aromatic heterocycles. The van der Waals surface area contributed by atoms with Gasteiger partial charge in [0.2, 0.25) is 0 Å². The molecule has 3 heteroatoms. The lowest BCUT2D eigenvalue weighted by Crippen LogP contribution is -2.32. The standard InChI is InChI=1S/C14H27N3/c1-6-8-15-11-14(3,4)10-13-9-12(7-2)16-17(13)5/h9,15H,6-8,10-11H2,1-5H3. The maximum atomic E-state index is 4.51. The van der Waals surface area contributed by atoms with Crippen LogP contribution in [0.5, 0.6) is 0 Å². The van der Waals surface area contributed by atoms with Crippen LogP contribution in [0.4, 0.5) is 0 Å². The Morgan fingerprint density at radius 2 is 2.06 bits per heavy atom. The molecule has 1 aromatic rings. The van der Waals surface area contributed by atoms with Gasteiger partial charge in [0.05, 0.1) is 5.69 Å². The minimum absolute atomic E-state index is 0.286. The molecule has 0 aromatic carbocycles. The number of aryl methyl sites for hydroxylation is 2. The lowest BCUT2D eigenvalue weighted by Gasteiger charge is -2.25. The van der Waals surface area contributed by atoms with Crippen molar-refractivity contribution in [3.63, 3.8) is 0 Å². The highest BCUT2D eigenvalue weighted by atomic mass is 15.3. The van der Waals surface area contributed by atoms with E-state index >= 15 is 0 Å². The van der Waals surface area contributed by atoms with Gasteiger partial charge >= 0.3 is 0 Å². The van der Waals surface area contributed by atoms with Crippen molar-refractivity contribution in [3.05, 3.63) is 17.5 Å². The monoisotopic (exact) mass is 237 g/mol. The fraction of sp³-hybridized carbons (Fsp3) is 0.786. The van der Waals surface area contributed by atoms with Gasteiger partial charge in [0, 0.05) is 19.3 Å². The molecule has 0 spiro atoms. The first kappa shape index (κ1) is 14.2. The van der Waals surface area contributed by atoms with Gasteiger partial charge in [-0.05, 0) is 37.3 Å². The van der Waals surface area contributed by atoms with E-state index < -0.39 is 0 Å². The second kappa shape index (κ2) is 6.20. The molecule has 1 heterocycles. The molecule has 0 radical (unpaired) electrons. The van der Waals surface area contributed by atoms with Crippen molar-refractivity contribution in [2.45, 2.75) is 47.0 Å². The Hall–Kier alpha value is -0.830. The number of hydrogen-bond donors (Lipinski definition) is 1. The zero-order chi connectivity index (χ0) is 12.9. The Labute approximate surface area is 106 Å². The smallest absolute Gasteiger partial charge is 0.0624 e. The summed E-state index contributed by atoms with van der Waals surface area (Å²) in [5.41, 5.74) is 2.82. The number of aromatic nitrogens is 2. The first-order chi connectivity index (χ1) is 7.98. The molecule has 0 saturated heterocycles. The van der Waals surface area contributed by atoms with Gasteiger partial charge in [-0.25, -0.2) is 0 Å². The van der Waals surface area contributed by atoms with E-state index in [1.165, 1.54) is 17.8 Å². The average molecular weight is 237 g/mol. The van der Waals surface area contributed by atoms with E-state index in [9.17, 15) is 0 Å². The van der Waals surface area contributed by atoms with Crippen LogP contribution in [-0.2, 0) is 19.9 Å². The third-order valence-electron chi connectivity index (χ3n) is 3.08. The maximum Gasteiger partial charge on any atom is 0.0624 e. The summed E-state index contributed by atoms with van der Waals surface area (Å²) in [7, 11) is 2.05. The van der Waals surface area contributed by atoms with Crippen molar-refractivity contribution < 1.29 is 0 Å². The van der Waals surface area contributed by atoms with E-state index in [1.807, 2.05) is 11.7 Å². The van der Waals surface area contributed by atoms with E-state index in [2.05, 4.69) is 44.2 Å². The molecule has 0 unspecified atom stereocenters. The summed E-state index contributed by atoms with van der Waals surface area (Å²) in [4.78, 5) is 0. The molecule has 1 rings (SSSR count). The van der Waals surface area contributed by atoms with Crippen LogP contribution in [-0.4, -0.2) is 22.9 Å². The maximum absolute atomic E-state index is 4.51. The van der Waals surface area contributed by atoms with Crippen molar-refractivity contribution >= 4 is 0 Å². The lowest BCUT2D eigenvalue weighted by molar-refractivity contribution is 0.331. The number of hydrogen-bond acceptors (Lipinski definition) is 2. The third-order valence-corrected chi connectivity index (χ3v) is 3.08. The minimum atomic E-state index is 0.286. The summed E-state index contributed by atoms with van der Waals surface area (Å²) >= 11 is 0. The normalized spacial score (nSPS) is 12.1. The lowest BCUT2D eigenvalue weighted by atomic mass is 9.87. The van der Waals surface area contributed by atoms with Gasteiger partial charge in [0.1, 0.15) is 0 Å². The Morgan fingerprint density at radius 3 is 2.59 bits per heavy atom. The van der Waals surface area contributed by atoms with E-state index in [-0.39, 0.29) is 5.41 Å². The fourth-order valence-electron chi connectivity index (χ4n) is 2.07. The van der Waals surface area contributed by atoms with Crippen LogP contribution in [0.1, 0.15) is 45.5 Å². The summed E-state index contributed by atoms with van der Waals surface area (Å²) in [6.07, 6.45) is 3.29. The first-order valence-electron chi connectivity index (χ1n) is 6.71. The highest BCUT2D eigenvalue weighted by molar-refractivity contribution is 5.12. The van der Waals surface area contributed by atoms with Gasteiger partial charge in [-0.1, -0.05) is 27.7 Å². The molecule has 17 heavy (non-hydrogen) atoms. The zero-order valence-corrected chi connectivity index (χ0v) is 12.0. The molecule has 98 valence electrons. The largest absolute Gasteiger partial charge is 0.316 e. The summed E-state index contributed by atoms with van der Waals surface area (Å²) in [5, 5.41) is 8.01. The van der Waals surface area contributed by atoms with Crippen LogP contribution in [0.2, 0.25) is 0 Å². The molecule has 0 aliphatic rings. The SMILES string of the molecule is CCCNCC(C)(C)Cc1cc(CC)nn1C. The van der Waals surface area contributed by atoms with Crippen molar-refractivity contribution in [1.82, 2.24) is 15.1 Å². The molecular formula is C14H27N3. The Kier molecular flexibility index (Phi) is 5.19. The number of nitrogens with one attached hydrogen (secondary N) is 1. The number of nitrogens with zero attached hydrogens (tertiary/aromatic N) is 2. The van der Waals surface area contributed by atoms with Gasteiger partial charge in [0.15, 0.2) is 0 Å². The summed E-state index contributed by atoms with van der Waals surface area (Å²) in [5.74, 6) is 0. The summed E-state index contributed by atoms with van der Waals surface area (Å²) in [6.45, 7) is 11.2. The first-order valence-corrected chi connectivity index (χ1v) is 6.71.